The van der Waals surface area contributed by atoms with Gasteiger partial charge in [0.25, 0.3) is 0 Å². The van der Waals surface area contributed by atoms with Crippen LogP contribution in [-0.2, 0) is 4.74 Å². The molecule has 2 rings (SSSR count). The molecule has 0 spiro atoms. The van der Waals surface area contributed by atoms with Crippen LogP contribution < -0.4 is 5.73 Å². The van der Waals surface area contributed by atoms with Gasteiger partial charge < -0.3 is 10.5 Å². The Labute approximate surface area is 110 Å². The first-order valence-corrected chi connectivity index (χ1v) is 5.83. The first kappa shape index (κ1) is 12.8. The monoisotopic (exact) mass is 267 g/mol. The van der Waals surface area contributed by atoms with Gasteiger partial charge >= 0.3 is 0 Å². The number of anilines is 1. The summed E-state index contributed by atoms with van der Waals surface area (Å²) in [7, 11) is 1.64. The largest absolute Gasteiger partial charge is 0.399 e. The second kappa shape index (κ2) is 5.32. The first-order valence-electron chi connectivity index (χ1n) is 5.45. The maximum Gasteiger partial charge on any atom is 0.182 e. The molecule has 96 valence electrons. The van der Waals surface area contributed by atoms with Crippen LogP contribution in [0.5, 0.6) is 0 Å². The number of methoxy groups -OCH3 is 1. The Balaban J connectivity index is 2.42. The average Bonchev–Trinajstić information content (AvgIpc) is 2.76. The first-order chi connectivity index (χ1) is 8.61. The molecule has 1 aromatic heterocycles. The number of nitrogens with zero attached hydrogens (tertiary/aromatic N) is 4. The zero-order valence-corrected chi connectivity index (χ0v) is 10.9. The summed E-state index contributed by atoms with van der Waals surface area (Å²) in [5.41, 5.74) is 7.12. The van der Waals surface area contributed by atoms with Gasteiger partial charge in [0.05, 0.1) is 12.6 Å². The fourth-order valence-electron chi connectivity index (χ4n) is 1.73. The Hall–Kier alpha value is -1.66. The highest BCUT2D eigenvalue weighted by Gasteiger charge is 2.15. The van der Waals surface area contributed by atoms with E-state index >= 15 is 0 Å². The van der Waals surface area contributed by atoms with E-state index in [0.717, 1.165) is 5.56 Å². The molecule has 0 saturated carbocycles. The predicted molar refractivity (Wildman–Crippen MR) is 69.3 cm³/mol. The van der Waals surface area contributed by atoms with E-state index in [1.54, 1.807) is 30.0 Å². The number of tetrazole rings is 1. The molecule has 2 N–H and O–H groups in total. The minimum Gasteiger partial charge on any atom is -0.399 e. The Morgan fingerprint density at radius 1 is 1.44 bits per heavy atom. The van der Waals surface area contributed by atoms with E-state index in [4.69, 9.17) is 22.1 Å². The topological polar surface area (TPSA) is 78.8 Å². The highest BCUT2D eigenvalue weighted by atomic mass is 35.5. The molecule has 0 bridgehead atoms. The molecule has 0 aliphatic heterocycles. The Bertz CT molecular complexity index is 522. The maximum absolute atomic E-state index is 5.98. The van der Waals surface area contributed by atoms with Crippen LogP contribution in [0.1, 0.15) is 13.0 Å². The molecular formula is C11H14ClN5O. The van der Waals surface area contributed by atoms with Crippen LogP contribution in [0.3, 0.4) is 0 Å². The smallest absolute Gasteiger partial charge is 0.182 e. The summed E-state index contributed by atoms with van der Waals surface area (Å²) in [4.78, 5) is 0. The Morgan fingerprint density at radius 3 is 2.89 bits per heavy atom. The normalized spacial score (nSPS) is 12.6. The summed E-state index contributed by atoms with van der Waals surface area (Å²) in [5, 5.41) is 12.2. The second-order valence-corrected chi connectivity index (χ2v) is 4.46. The summed E-state index contributed by atoms with van der Waals surface area (Å²) in [5.74, 6) is 0.619. The van der Waals surface area contributed by atoms with Gasteiger partial charge in [0, 0.05) is 23.4 Å². The van der Waals surface area contributed by atoms with Crippen molar-refractivity contribution >= 4 is 17.3 Å². The molecular weight excluding hydrogens is 254 g/mol. The SMILES string of the molecule is COCC(C)n1nnnc1-c1cc(N)cc(Cl)c1. The molecule has 1 heterocycles. The average molecular weight is 268 g/mol. The molecule has 0 fully saturated rings. The molecule has 0 aliphatic carbocycles. The molecule has 6 nitrogen and oxygen atoms in total. The molecule has 0 amide bonds. The lowest BCUT2D eigenvalue weighted by Crippen LogP contribution is -2.14. The van der Waals surface area contributed by atoms with E-state index in [0.29, 0.717) is 23.1 Å². The van der Waals surface area contributed by atoms with Crippen molar-refractivity contribution in [3.63, 3.8) is 0 Å². The van der Waals surface area contributed by atoms with Crippen LogP contribution >= 0.6 is 11.6 Å². The quantitative estimate of drug-likeness (QED) is 0.855. The lowest BCUT2D eigenvalue weighted by molar-refractivity contribution is 0.156. The van der Waals surface area contributed by atoms with Crippen molar-refractivity contribution in [2.24, 2.45) is 0 Å². The number of halogens is 1. The number of aromatic nitrogens is 4. The standard InChI is InChI=1S/C11H14ClN5O/c1-7(6-18-2)17-11(14-15-16-17)8-3-9(12)5-10(13)4-8/h3-5,7H,6,13H2,1-2H3. The van der Waals surface area contributed by atoms with Crippen LogP contribution in [0.15, 0.2) is 18.2 Å². The zero-order chi connectivity index (χ0) is 13.1. The van der Waals surface area contributed by atoms with Gasteiger partial charge in [-0.25, -0.2) is 4.68 Å². The van der Waals surface area contributed by atoms with Gasteiger partial charge in [-0.05, 0) is 35.5 Å². The molecule has 0 radical (unpaired) electrons. The highest BCUT2D eigenvalue weighted by molar-refractivity contribution is 6.31. The van der Waals surface area contributed by atoms with Gasteiger partial charge in [-0.3, -0.25) is 0 Å². The van der Waals surface area contributed by atoms with Gasteiger partial charge in [-0.15, -0.1) is 5.10 Å². The van der Waals surface area contributed by atoms with E-state index in [1.165, 1.54) is 0 Å². The van der Waals surface area contributed by atoms with Crippen molar-refractivity contribution in [2.45, 2.75) is 13.0 Å². The predicted octanol–water partition coefficient (Wildman–Crippen LogP) is 1.78. The van der Waals surface area contributed by atoms with Gasteiger partial charge in [0.15, 0.2) is 5.82 Å². The summed E-state index contributed by atoms with van der Waals surface area (Å²) >= 11 is 5.98. The lowest BCUT2D eigenvalue weighted by Gasteiger charge is -2.12. The van der Waals surface area contributed by atoms with Gasteiger partial charge in [-0.2, -0.15) is 0 Å². The van der Waals surface area contributed by atoms with Gasteiger partial charge in [0.1, 0.15) is 0 Å². The van der Waals surface area contributed by atoms with Crippen molar-refractivity contribution in [3.8, 4) is 11.4 Å². The van der Waals surface area contributed by atoms with E-state index in [-0.39, 0.29) is 6.04 Å². The molecule has 1 unspecified atom stereocenters. The number of benzene rings is 1. The van der Waals surface area contributed by atoms with E-state index in [2.05, 4.69) is 15.5 Å². The van der Waals surface area contributed by atoms with E-state index < -0.39 is 0 Å². The number of hydrogen-bond acceptors (Lipinski definition) is 5. The third-order valence-electron chi connectivity index (χ3n) is 2.50. The number of ether oxygens (including phenoxy) is 1. The molecule has 0 saturated heterocycles. The number of hydrogen-bond donors (Lipinski definition) is 1. The Morgan fingerprint density at radius 2 is 2.22 bits per heavy atom. The number of nitrogen functional groups attached to an aromatic ring is 1. The highest BCUT2D eigenvalue weighted by Crippen LogP contribution is 2.25. The Kier molecular flexibility index (Phi) is 3.78. The van der Waals surface area contributed by atoms with Gasteiger partial charge in [0.2, 0.25) is 0 Å². The summed E-state index contributed by atoms with van der Waals surface area (Å²) < 4.78 is 6.79. The van der Waals surface area contributed by atoms with Crippen molar-refractivity contribution in [2.75, 3.05) is 19.5 Å². The number of rotatable bonds is 4. The van der Waals surface area contributed by atoms with Crippen molar-refractivity contribution in [1.29, 1.82) is 0 Å². The summed E-state index contributed by atoms with van der Waals surface area (Å²) in [6.07, 6.45) is 0. The van der Waals surface area contributed by atoms with Crippen LogP contribution in [-0.4, -0.2) is 33.9 Å². The molecule has 18 heavy (non-hydrogen) atoms. The third-order valence-corrected chi connectivity index (χ3v) is 2.71. The zero-order valence-electron chi connectivity index (χ0n) is 10.2. The number of nitrogens with two attached hydrogens (primary N) is 1. The summed E-state index contributed by atoms with van der Waals surface area (Å²) in [6, 6.07) is 5.27. The van der Waals surface area contributed by atoms with Crippen LogP contribution in [0.2, 0.25) is 5.02 Å². The fraction of sp³-hybridized carbons (Fsp3) is 0.364. The third kappa shape index (κ3) is 2.60. The molecule has 2 aromatic rings. The van der Waals surface area contributed by atoms with Crippen LogP contribution in [0.25, 0.3) is 11.4 Å². The van der Waals surface area contributed by atoms with E-state index in [1.807, 2.05) is 6.92 Å². The van der Waals surface area contributed by atoms with Crippen molar-refractivity contribution in [1.82, 2.24) is 20.2 Å². The maximum atomic E-state index is 5.98. The minimum atomic E-state index is 0.0280. The van der Waals surface area contributed by atoms with Crippen molar-refractivity contribution in [3.05, 3.63) is 23.2 Å². The molecule has 0 aliphatic rings. The molecule has 7 heteroatoms. The minimum absolute atomic E-state index is 0.0280. The fourth-order valence-corrected chi connectivity index (χ4v) is 1.98. The van der Waals surface area contributed by atoms with Crippen LogP contribution in [0, 0.1) is 0 Å². The van der Waals surface area contributed by atoms with Crippen molar-refractivity contribution < 1.29 is 4.74 Å². The second-order valence-electron chi connectivity index (χ2n) is 4.02. The summed E-state index contributed by atoms with van der Waals surface area (Å²) in [6.45, 7) is 2.49. The van der Waals surface area contributed by atoms with Crippen LogP contribution in [0.4, 0.5) is 5.69 Å². The molecule has 1 aromatic carbocycles. The molecule has 1 atom stereocenters. The van der Waals surface area contributed by atoms with Gasteiger partial charge in [-0.1, -0.05) is 11.6 Å². The van der Waals surface area contributed by atoms with E-state index in [9.17, 15) is 0 Å². The lowest BCUT2D eigenvalue weighted by atomic mass is 10.2.